The Kier molecular flexibility index (Phi) is 14.2. The van der Waals surface area contributed by atoms with Gasteiger partial charge < -0.3 is 34.1 Å². The largest absolute Gasteiger partial charge is 0.464 e. The van der Waals surface area contributed by atoms with Gasteiger partial charge in [0.2, 0.25) is 11.8 Å². The van der Waals surface area contributed by atoms with E-state index in [-0.39, 0.29) is 37.0 Å². The average Bonchev–Trinajstić information content (AvgIpc) is 4.15. The number of nitrogens with zero attached hydrogens (tertiary/aromatic N) is 7. The number of thiazole rings is 1. The van der Waals surface area contributed by atoms with Crippen molar-refractivity contribution in [2.75, 3.05) is 46.9 Å². The molecule has 4 aliphatic rings. The second-order valence-corrected chi connectivity index (χ2v) is 21.0. The highest BCUT2D eigenvalue weighted by Crippen LogP contribution is 2.42. The number of likely N-dealkylation sites (N-methyl/N-ethyl adjacent to an activating group) is 1. The van der Waals surface area contributed by atoms with Crippen LogP contribution in [0, 0.1) is 11.3 Å². The lowest BCUT2D eigenvalue weighted by molar-refractivity contribution is -0.155. The summed E-state index contributed by atoms with van der Waals surface area (Å²) in [5.74, 6) is -1.81. The third-order valence-electron chi connectivity index (χ3n) is 14.4. The number of carbonyl (C=O) groups is 5. The lowest BCUT2D eigenvalue weighted by Gasteiger charge is -2.37. The van der Waals surface area contributed by atoms with E-state index in [1.807, 2.05) is 37.1 Å². The molecule has 4 aromatic rings. The van der Waals surface area contributed by atoms with Crippen molar-refractivity contribution in [1.82, 2.24) is 45.0 Å². The normalized spacial score (nSPS) is 22.9. The molecule has 364 valence electrons. The van der Waals surface area contributed by atoms with E-state index in [4.69, 9.17) is 19.4 Å². The fourth-order valence-electron chi connectivity index (χ4n) is 10.9. The molecule has 8 rings (SSSR count). The Balaban J connectivity index is 1.14. The molecule has 16 nitrogen and oxygen atoms in total. The highest BCUT2D eigenvalue weighted by atomic mass is 32.1. The summed E-state index contributed by atoms with van der Waals surface area (Å²) in [6.07, 6.45) is 6.81. The van der Waals surface area contributed by atoms with E-state index in [9.17, 15) is 24.0 Å². The van der Waals surface area contributed by atoms with E-state index in [1.165, 1.54) is 27.3 Å². The fraction of sp³-hybridized carbons (Fsp3) is 0.549. The molecule has 6 bridgehead atoms. The molecule has 3 saturated heterocycles. The van der Waals surface area contributed by atoms with E-state index in [0.717, 1.165) is 57.5 Å². The molecule has 3 aromatic heterocycles. The quantitative estimate of drug-likeness (QED) is 0.139. The van der Waals surface area contributed by atoms with Crippen LogP contribution in [0.4, 0.5) is 4.79 Å². The Labute approximate surface area is 403 Å². The number of amides is 5. The van der Waals surface area contributed by atoms with Crippen molar-refractivity contribution in [2.24, 2.45) is 11.3 Å². The smallest absolute Gasteiger partial charge is 0.324 e. The number of hydrogen-bond acceptors (Lipinski definition) is 11. The molecular weight excluding hydrogens is 883 g/mol. The molecule has 4 aliphatic heterocycles. The lowest BCUT2D eigenvalue weighted by Crippen LogP contribution is -2.62. The van der Waals surface area contributed by atoms with Crippen molar-refractivity contribution >= 4 is 52.0 Å². The number of urea groups is 1. The number of aryl methyl sites for hydroxylation is 1. The van der Waals surface area contributed by atoms with Crippen LogP contribution >= 0.6 is 11.3 Å². The number of hydrogen-bond donors (Lipinski definition) is 2. The summed E-state index contributed by atoms with van der Waals surface area (Å²) >= 11 is 1.41. The zero-order chi connectivity index (χ0) is 48.7. The zero-order valence-corrected chi connectivity index (χ0v) is 41.6. The standard InChI is InChI=1S/C51H67N9O7S/c1-10-42(61)59-22-14-19-51(59)20-24-57(29-51)49(65)56(8)44(31(3)4)46(62)54-38-26-41-53-39(28-68-41)33-17-18-40-35(25-33)36(45(58(40)11-2)34-15-12-21-52-43(34)32(5)66-9)27-50(6,7)30-67-48(64)37-16-13-23-60(55-37)47(38)63/h10,12,15,17-18,21,25,28,31-32,37-38,44,55H,1,11,13-14,16,19-20,22-24,26-27,29-30H2,2-9H3,(H,54,62)/t32-,37-,38-,44-,51+/m0/s1. The number of cyclic esters (lactones) is 1. The number of benzene rings is 1. The van der Waals surface area contributed by atoms with Gasteiger partial charge in [-0.05, 0) is 94.2 Å². The number of rotatable bonds is 9. The second kappa shape index (κ2) is 19.8. The predicted octanol–water partition coefficient (Wildman–Crippen LogP) is 6.53. The number of nitrogens with one attached hydrogen (secondary N) is 2. The molecule has 1 spiro atoms. The van der Waals surface area contributed by atoms with Gasteiger partial charge in [-0.25, -0.2) is 15.2 Å². The molecule has 0 radical (unpaired) electrons. The van der Waals surface area contributed by atoms with Crippen molar-refractivity contribution in [2.45, 2.75) is 123 Å². The maximum absolute atomic E-state index is 14.7. The molecule has 17 heteroatoms. The molecule has 1 aromatic carbocycles. The Hall–Kier alpha value is -5.65. The number of hydrazine groups is 1. The molecule has 2 N–H and O–H groups in total. The summed E-state index contributed by atoms with van der Waals surface area (Å²) in [4.78, 5) is 85.2. The van der Waals surface area contributed by atoms with Crippen LogP contribution in [0.25, 0.3) is 33.4 Å². The number of ether oxygens (including phenoxy) is 2. The Morgan fingerprint density at radius 2 is 1.91 bits per heavy atom. The van der Waals surface area contributed by atoms with Gasteiger partial charge in [0.1, 0.15) is 18.1 Å². The summed E-state index contributed by atoms with van der Waals surface area (Å²) in [5.41, 5.74) is 8.83. The number of fused-ring (bicyclic) bond motifs is 6. The van der Waals surface area contributed by atoms with Crippen molar-refractivity contribution in [3.8, 4) is 22.5 Å². The maximum Gasteiger partial charge on any atom is 0.324 e. The average molecular weight is 950 g/mol. The van der Waals surface area contributed by atoms with E-state index in [1.54, 1.807) is 25.3 Å². The van der Waals surface area contributed by atoms with Crippen LogP contribution in [0.5, 0.6) is 0 Å². The SMILES string of the molecule is C=CC(=O)N1CCC[C@]12CCN(C(=O)N(C)[C@H](C(=O)N[C@H]1Cc3nc(cs3)-c3ccc4c(c3)c(c(-c3cccnc3[C@H](C)OC)n4CC)CC(C)(C)COC(=O)[C@@H]3CCCN(N3)C1=O)C(C)C)C2. The van der Waals surface area contributed by atoms with Crippen molar-refractivity contribution < 1.29 is 33.4 Å². The van der Waals surface area contributed by atoms with E-state index >= 15 is 0 Å². The molecule has 68 heavy (non-hydrogen) atoms. The first-order valence-electron chi connectivity index (χ1n) is 24.1. The van der Waals surface area contributed by atoms with Gasteiger partial charge in [-0.1, -0.05) is 40.3 Å². The monoisotopic (exact) mass is 949 g/mol. The predicted molar refractivity (Wildman–Crippen MR) is 261 cm³/mol. The molecule has 5 amide bonds. The summed E-state index contributed by atoms with van der Waals surface area (Å²) < 4.78 is 14.3. The van der Waals surface area contributed by atoms with E-state index < -0.39 is 46.9 Å². The molecule has 5 atom stereocenters. The van der Waals surface area contributed by atoms with Crippen LogP contribution in [0.1, 0.15) is 96.0 Å². The number of pyridine rings is 1. The summed E-state index contributed by atoms with van der Waals surface area (Å²) in [7, 11) is 3.31. The van der Waals surface area contributed by atoms with Crippen LogP contribution in [-0.2, 0) is 48.0 Å². The van der Waals surface area contributed by atoms with Crippen molar-refractivity contribution in [1.29, 1.82) is 0 Å². The van der Waals surface area contributed by atoms with Gasteiger partial charge in [-0.2, -0.15) is 0 Å². The first kappa shape index (κ1) is 48.8. The minimum absolute atomic E-state index is 0.0757. The van der Waals surface area contributed by atoms with Crippen LogP contribution in [0.15, 0.2) is 54.6 Å². The topological polar surface area (TPSA) is 172 Å². The fourth-order valence-corrected chi connectivity index (χ4v) is 11.8. The van der Waals surface area contributed by atoms with E-state index in [0.29, 0.717) is 63.4 Å². The van der Waals surface area contributed by atoms with E-state index in [2.05, 4.69) is 66.9 Å². The number of esters is 1. The Morgan fingerprint density at radius 1 is 1.12 bits per heavy atom. The first-order valence-corrected chi connectivity index (χ1v) is 25.0. The van der Waals surface area contributed by atoms with Crippen LogP contribution in [0.2, 0.25) is 0 Å². The highest BCUT2D eigenvalue weighted by molar-refractivity contribution is 7.10. The van der Waals surface area contributed by atoms with Crippen LogP contribution in [0.3, 0.4) is 0 Å². The Bertz CT molecular complexity index is 2590. The molecule has 0 saturated carbocycles. The first-order chi connectivity index (χ1) is 32.5. The number of likely N-dealkylation sites (tertiary alicyclic amines) is 2. The number of methoxy groups -OCH3 is 1. The second-order valence-electron chi connectivity index (χ2n) is 20.0. The third-order valence-corrected chi connectivity index (χ3v) is 15.3. The van der Waals surface area contributed by atoms with Crippen LogP contribution < -0.4 is 10.7 Å². The molecule has 3 fully saturated rings. The van der Waals surface area contributed by atoms with Crippen molar-refractivity contribution in [3.05, 3.63) is 70.8 Å². The summed E-state index contributed by atoms with van der Waals surface area (Å²) in [5, 5.41) is 8.15. The van der Waals surface area contributed by atoms with Crippen LogP contribution in [-0.4, -0.2) is 135 Å². The molecule has 0 aliphatic carbocycles. The van der Waals surface area contributed by atoms with Gasteiger partial charge >= 0.3 is 12.0 Å². The van der Waals surface area contributed by atoms with Gasteiger partial charge in [-0.3, -0.25) is 29.2 Å². The maximum atomic E-state index is 14.7. The molecule has 7 heterocycles. The zero-order valence-electron chi connectivity index (χ0n) is 40.8. The molecule has 0 unspecified atom stereocenters. The van der Waals surface area contributed by atoms with Crippen molar-refractivity contribution in [3.63, 3.8) is 0 Å². The van der Waals surface area contributed by atoms with Gasteiger partial charge in [0.25, 0.3) is 5.91 Å². The lowest BCUT2D eigenvalue weighted by atomic mass is 9.84. The van der Waals surface area contributed by atoms with Gasteiger partial charge in [0, 0.05) is 92.3 Å². The van der Waals surface area contributed by atoms with Gasteiger partial charge in [0.05, 0.1) is 40.3 Å². The Morgan fingerprint density at radius 3 is 2.65 bits per heavy atom. The summed E-state index contributed by atoms with van der Waals surface area (Å²) in [6, 6.07) is 7.30. The summed E-state index contributed by atoms with van der Waals surface area (Å²) in [6.45, 7) is 18.3. The molecular formula is C51H67N9O7S. The third kappa shape index (κ3) is 9.40. The number of aromatic nitrogens is 3. The van der Waals surface area contributed by atoms with Gasteiger partial charge in [0.15, 0.2) is 0 Å². The minimum atomic E-state index is -1.09. The highest BCUT2D eigenvalue weighted by Gasteiger charge is 2.50. The minimum Gasteiger partial charge on any atom is -0.464 e. The number of carbonyl (C=O) groups excluding carboxylic acids is 5. The van der Waals surface area contributed by atoms with Gasteiger partial charge in [-0.15, -0.1) is 11.3 Å².